The molecule has 0 aromatic heterocycles. The van der Waals surface area contributed by atoms with Crippen molar-refractivity contribution in [1.82, 2.24) is 10.2 Å². The minimum atomic E-state index is -0.410. The van der Waals surface area contributed by atoms with Crippen LogP contribution in [0.5, 0.6) is 0 Å². The zero-order valence-electron chi connectivity index (χ0n) is 19.5. The number of hydrogen-bond acceptors (Lipinski definition) is 3. The van der Waals surface area contributed by atoms with Crippen molar-refractivity contribution in [3.63, 3.8) is 0 Å². The van der Waals surface area contributed by atoms with Crippen LogP contribution in [0.4, 0.5) is 10.1 Å². The van der Waals surface area contributed by atoms with Crippen LogP contribution in [-0.2, 0) is 4.79 Å². The zero-order chi connectivity index (χ0) is 24.8. The third kappa shape index (κ3) is 5.93. The summed E-state index contributed by atoms with van der Waals surface area (Å²) >= 11 is 0. The highest BCUT2D eigenvalue weighted by molar-refractivity contribution is 6.04. The second-order valence-corrected chi connectivity index (χ2v) is 8.74. The highest BCUT2D eigenvalue weighted by Gasteiger charge is 2.29. The largest absolute Gasteiger partial charge is 0.345 e. The van der Waals surface area contributed by atoms with Crippen molar-refractivity contribution in [2.24, 2.45) is 5.92 Å². The Labute approximate surface area is 204 Å². The van der Waals surface area contributed by atoms with Gasteiger partial charge >= 0.3 is 0 Å². The molecular weight excluding hydrogens is 445 g/mol. The normalized spacial score (nSPS) is 16.3. The van der Waals surface area contributed by atoms with Crippen molar-refractivity contribution in [2.75, 3.05) is 18.4 Å². The van der Waals surface area contributed by atoms with Gasteiger partial charge in [-0.05, 0) is 61.7 Å². The lowest BCUT2D eigenvalue weighted by atomic mass is 9.96. The number of rotatable bonds is 6. The maximum absolute atomic E-state index is 13.2. The summed E-state index contributed by atoms with van der Waals surface area (Å²) in [6.07, 6.45) is 1.32. The summed E-state index contributed by atoms with van der Waals surface area (Å²) in [4.78, 5) is 40.5. The number of piperidine rings is 1. The Morgan fingerprint density at radius 1 is 0.943 bits per heavy atom. The first-order valence-corrected chi connectivity index (χ1v) is 11.7. The molecule has 180 valence electrons. The minimum Gasteiger partial charge on any atom is -0.345 e. The van der Waals surface area contributed by atoms with E-state index in [0.717, 1.165) is 5.56 Å². The van der Waals surface area contributed by atoms with Gasteiger partial charge in [-0.2, -0.15) is 0 Å². The van der Waals surface area contributed by atoms with Crippen molar-refractivity contribution in [1.29, 1.82) is 0 Å². The fourth-order valence-corrected chi connectivity index (χ4v) is 4.28. The van der Waals surface area contributed by atoms with Gasteiger partial charge in [0.2, 0.25) is 5.91 Å². The summed E-state index contributed by atoms with van der Waals surface area (Å²) in [7, 11) is 0. The maximum atomic E-state index is 13.2. The Morgan fingerprint density at radius 2 is 1.63 bits per heavy atom. The number of anilines is 1. The molecule has 3 aromatic carbocycles. The topological polar surface area (TPSA) is 78.5 Å². The van der Waals surface area contributed by atoms with Gasteiger partial charge in [0.15, 0.2) is 0 Å². The molecule has 1 saturated heterocycles. The van der Waals surface area contributed by atoms with Gasteiger partial charge in [-0.15, -0.1) is 0 Å². The first-order chi connectivity index (χ1) is 16.9. The Balaban J connectivity index is 1.42. The molecule has 0 bridgehead atoms. The standard InChI is InChI=1S/C28H28FN3O3/c1-19(20-8-3-2-4-9-20)30-27(34)24-11-5-6-12-25(24)31-26(33)22-10-7-17-32(18-22)28(35)21-13-15-23(29)16-14-21/h2-6,8-9,11-16,19,22H,7,10,17-18H2,1H3,(H,30,34)(H,31,33)/t19-,22+/m0/s1. The number of carbonyl (C=O) groups excluding carboxylic acids is 3. The van der Waals surface area contributed by atoms with Crippen molar-refractivity contribution >= 4 is 23.4 Å². The summed E-state index contributed by atoms with van der Waals surface area (Å²) in [6, 6.07) is 21.7. The number of nitrogens with one attached hydrogen (secondary N) is 2. The Kier molecular flexibility index (Phi) is 7.55. The second kappa shape index (κ2) is 11.0. The van der Waals surface area contributed by atoms with E-state index in [1.165, 1.54) is 24.3 Å². The predicted molar refractivity (Wildman–Crippen MR) is 132 cm³/mol. The van der Waals surface area contributed by atoms with Crippen LogP contribution in [0.1, 0.15) is 52.1 Å². The van der Waals surface area contributed by atoms with Crippen LogP contribution in [0.15, 0.2) is 78.9 Å². The molecule has 1 heterocycles. The lowest BCUT2D eigenvalue weighted by molar-refractivity contribution is -0.121. The van der Waals surface area contributed by atoms with Gasteiger partial charge in [0.25, 0.3) is 11.8 Å². The average Bonchev–Trinajstić information content (AvgIpc) is 2.89. The quantitative estimate of drug-likeness (QED) is 0.540. The summed E-state index contributed by atoms with van der Waals surface area (Å²) in [5.74, 6) is -1.56. The number of para-hydroxylation sites is 1. The minimum absolute atomic E-state index is 0.197. The van der Waals surface area contributed by atoms with E-state index in [4.69, 9.17) is 0 Å². The van der Waals surface area contributed by atoms with E-state index < -0.39 is 11.7 Å². The van der Waals surface area contributed by atoms with E-state index in [0.29, 0.717) is 36.2 Å². The van der Waals surface area contributed by atoms with E-state index in [2.05, 4.69) is 10.6 Å². The van der Waals surface area contributed by atoms with Crippen LogP contribution in [0.2, 0.25) is 0 Å². The van der Waals surface area contributed by atoms with Crippen molar-refractivity contribution in [2.45, 2.75) is 25.8 Å². The van der Waals surface area contributed by atoms with Crippen LogP contribution >= 0.6 is 0 Å². The number of hydrogen-bond donors (Lipinski definition) is 2. The van der Waals surface area contributed by atoms with Gasteiger partial charge in [-0.1, -0.05) is 42.5 Å². The molecule has 0 spiro atoms. The molecule has 1 aliphatic rings. The van der Waals surface area contributed by atoms with Gasteiger partial charge < -0.3 is 15.5 Å². The molecular formula is C28H28FN3O3. The fourth-order valence-electron chi connectivity index (χ4n) is 4.28. The number of halogens is 1. The zero-order valence-corrected chi connectivity index (χ0v) is 19.5. The number of likely N-dealkylation sites (tertiary alicyclic amines) is 1. The van der Waals surface area contributed by atoms with Gasteiger partial charge in [0.05, 0.1) is 23.2 Å². The molecule has 6 nitrogen and oxygen atoms in total. The number of carbonyl (C=O) groups is 3. The van der Waals surface area contributed by atoms with E-state index in [1.807, 2.05) is 37.3 Å². The fraction of sp³-hybridized carbons (Fsp3) is 0.250. The first kappa shape index (κ1) is 24.1. The molecule has 0 saturated carbocycles. The lowest BCUT2D eigenvalue weighted by Gasteiger charge is -2.32. The molecule has 0 radical (unpaired) electrons. The van der Waals surface area contributed by atoms with Gasteiger partial charge in [0, 0.05) is 18.7 Å². The molecule has 0 aliphatic carbocycles. The van der Waals surface area contributed by atoms with Gasteiger partial charge in [0.1, 0.15) is 5.82 Å². The average molecular weight is 474 g/mol. The van der Waals surface area contributed by atoms with E-state index in [1.54, 1.807) is 29.2 Å². The molecule has 3 aromatic rings. The second-order valence-electron chi connectivity index (χ2n) is 8.74. The molecule has 1 aliphatic heterocycles. The Morgan fingerprint density at radius 3 is 2.37 bits per heavy atom. The monoisotopic (exact) mass is 473 g/mol. The maximum Gasteiger partial charge on any atom is 0.253 e. The molecule has 35 heavy (non-hydrogen) atoms. The van der Waals surface area contributed by atoms with Crippen LogP contribution < -0.4 is 10.6 Å². The number of benzene rings is 3. The SMILES string of the molecule is C[C@H](NC(=O)c1ccccc1NC(=O)[C@@H]1CCCN(C(=O)c2ccc(F)cc2)C1)c1ccccc1. The van der Waals surface area contributed by atoms with E-state index >= 15 is 0 Å². The van der Waals surface area contributed by atoms with Crippen molar-refractivity contribution < 1.29 is 18.8 Å². The summed E-state index contributed by atoms with van der Waals surface area (Å²) < 4.78 is 13.2. The van der Waals surface area contributed by atoms with Gasteiger partial charge in [-0.3, -0.25) is 14.4 Å². The number of amides is 3. The molecule has 7 heteroatoms. The molecule has 2 N–H and O–H groups in total. The molecule has 2 atom stereocenters. The van der Waals surface area contributed by atoms with Crippen LogP contribution in [0.3, 0.4) is 0 Å². The highest BCUT2D eigenvalue weighted by Crippen LogP contribution is 2.23. The van der Waals surface area contributed by atoms with E-state index in [9.17, 15) is 18.8 Å². The Hall–Kier alpha value is -4.00. The summed E-state index contributed by atoms with van der Waals surface area (Å²) in [5, 5.41) is 5.87. The van der Waals surface area contributed by atoms with Crippen LogP contribution in [0.25, 0.3) is 0 Å². The summed E-state index contributed by atoms with van der Waals surface area (Å²) in [6.45, 7) is 2.71. The predicted octanol–water partition coefficient (Wildman–Crippen LogP) is 4.81. The molecule has 1 fully saturated rings. The third-order valence-electron chi connectivity index (χ3n) is 6.25. The molecule has 4 rings (SSSR count). The third-order valence-corrected chi connectivity index (χ3v) is 6.25. The number of nitrogens with zero attached hydrogens (tertiary/aromatic N) is 1. The lowest BCUT2D eigenvalue weighted by Crippen LogP contribution is -2.44. The van der Waals surface area contributed by atoms with Crippen molar-refractivity contribution in [3.05, 3.63) is 101 Å². The highest BCUT2D eigenvalue weighted by atomic mass is 19.1. The van der Waals surface area contributed by atoms with Crippen LogP contribution in [0, 0.1) is 11.7 Å². The van der Waals surface area contributed by atoms with E-state index in [-0.39, 0.29) is 30.3 Å². The smallest absolute Gasteiger partial charge is 0.253 e. The molecule has 0 unspecified atom stereocenters. The first-order valence-electron chi connectivity index (χ1n) is 11.7. The Bertz CT molecular complexity index is 1200. The van der Waals surface area contributed by atoms with Crippen LogP contribution in [-0.4, -0.2) is 35.7 Å². The van der Waals surface area contributed by atoms with Crippen molar-refractivity contribution in [3.8, 4) is 0 Å². The summed E-state index contributed by atoms with van der Waals surface area (Å²) in [5.41, 5.74) is 2.17. The molecule has 3 amide bonds. The van der Waals surface area contributed by atoms with Gasteiger partial charge in [-0.25, -0.2) is 4.39 Å².